The molecular formula is C23H26F3N3O2. The van der Waals surface area contributed by atoms with Gasteiger partial charge in [-0.05, 0) is 61.7 Å². The number of hydrogen-bond donors (Lipinski definition) is 1. The van der Waals surface area contributed by atoms with Gasteiger partial charge < -0.3 is 10.2 Å². The second kappa shape index (κ2) is 9.09. The molecule has 2 aromatic carbocycles. The SMILES string of the molecule is CC(c1cccc(C(F)(F)F)c1)N(CC(=O)Nc1ccc(C(=O)N(C)C)cc1)C1CC1. The van der Waals surface area contributed by atoms with Crippen LogP contribution in [-0.2, 0) is 11.0 Å². The first-order valence-electron chi connectivity index (χ1n) is 10.1. The van der Waals surface area contributed by atoms with E-state index in [2.05, 4.69) is 5.32 Å². The molecule has 8 heteroatoms. The lowest BCUT2D eigenvalue weighted by Crippen LogP contribution is -2.37. The summed E-state index contributed by atoms with van der Waals surface area (Å²) in [6.45, 7) is 1.89. The highest BCUT2D eigenvalue weighted by atomic mass is 19.4. The maximum absolute atomic E-state index is 13.1. The van der Waals surface area contributed by atoms with Crippen LogP contribution in [0.1, 0.15) is 47.3 Å². The van der Waals surface area contributed by atoms with E-state index >= 15 is 0 Å². The van der Waals surface area contributed by atoms with E-state index in [0.717, 1.165) is 25.0 Å². The third-order valence-corrected chi connectivity index (χ3v) is 5.36. The van der Waals surface area contributed by atoms with Gasteiger partial charge in [0.2, 0.25) is 5.91 Å². The zero-order chi connectivity index (χ0) is 22.8. The van der Waals surface area contributed by atoms with Crippen molar-refractivity contribution in [1.82, 2.24) is 9.80 Å². The van der Waals surface area contributed by atoms with Gasteiger partial charge in [0.25, 0.3) is 5.91 Å². The van der Waals surface area contributed by atoms with Gasteiger partial charge in [-0.2, -0.15) is 13.2 Å². The third kappa shape index (κ3) is 5.85. The van der Waals surface area contributed by atoms with Crippen molar-refractivity contribution in [2.24, 2.45) is 0 Å². The number of alkyl halides is 3. The van der Waals surface area contributed by atoms with E-state index in [0.29, 0.717) is 16.8 Å². The molecule has 1 saturated carbocycles. The van der Waals surface area contributed by atoms with E-state index in [1.54, 1.807) is 44.4 Å². The van der Waals surface area contributed by atoms with Gasteiger partial charge in [0.05, 0.1) is 12.1 Å². The van der Waals surface area contributed by atoms with Crippen molar-refractivity contribution in [2.45, 2.75) is 38.0 Å². The first-order chi connectivity index (χ1) is 14.6. The Morgan fingerprint density at radius 1 is 1.10 bits per heavy atom. The maximum Gasteiger partial charge on any atom is 0.416 e. The van der Waals surface area contributed by atoms with Crippen LogP contribution in [0, 0.1) is 0 Å². The van der Waals surface area contributed by atoms with Crippen molar-refractivity contribution in [3.63, 3.8) is 0 Å². The van der Waals surface area contributed by atoms with E-state index in [9.17, 15) is 22.8 Å². The Balaban J connectivity index is 1.68. The number of benzene rings is 2. The van der Waals surface area contributed by atoms with Crippen molar-refractivity contribution in [3.05, 3.63) is 65.2 Å². The molecule has 1 unspecified atom stereocenters. The number of nitrogens with one attached hydrogen (secondary N) is 1. The fraction of sp³-hybridized carbons (Fsp3) is 0.391. The number of amides is 2. The number of rotatable bonds is 7. The molecule has 0 aliphatic heterocycles. The fourth-order valence-corrected chi connectivity index (χ4v) is 3.48. The number of hydrogen-bond acceptors (Lipinski definition) is 3. The number of anilines is 1. The summed E-state index contributed by atoms with van der Waals surface area (Å²) in [6, 6.07) is 11.7. The van der Waals surface area contributed by atoms with Crippen molar-refractivity contribution in [3.8, 4) is 0 Å². The van der Waals surface area contributed by atoms with Gasteiger partial charge in [-0.25, -0.2) is 0 Å². The molecule has 1 N–H and O–H groups in total. The molecular weight excluding hydrogens is 407 g/mol. The Labute approximate surface area is 179 Å². The lowest BCUT2D eigenvalue weighted by molar-refractivity contribution is -0.137. The smallest absolute Gasteiger partial charge is 0.345 e. The highest BCUT2D eigenvalue weighted by Gasteiger charge is 2.35. The van der Waals surface area contributed by atoms with E-state index in [1.807, 2.05) is 11.8 Å². The quantitative estimate of drug-likeness (QED) is 0.696. The van der Waals surface area contributed by atoms with Crippen LogP contribution in [0.15, 0.2) is 48.5 Å². The van der Waals surface area contributed by atoms with E-state index in [-0.39, 0.29) is 30.4 Å². The first-order valence-corrected chi connectivity index (χ1v) is 10.1. The highest BCUT2D eigenvalue weighted by Crippen LogP contribution is 2.36. The summed E-state index contributed by atoms with van der Waals surface area (Å²) in [5, 5.41) is 2.81. The summed E-state index contributed by atoms with van der Waals surface area (Å²) >= 11 is 0. The Morgan fingerprint density at radius 3 is 2.29 bits per heavy atom. The molecule has 0 bridgehead atoms. The monoisotopic (exact) mass is 433 g/mol. The van der Waals surface area contributed by atoms with Crippen molar-refractivity contribution in [1.29, 1.82) is 0 Å². The Hall–Kier alpha value is -2.87. The highest BCUT2D eigenvalue weighted by molar-refractivity contribution is 5.96. The summed E-state index contributed by atoms with van der Waals surface area (Å²) < 4.78 is 39.2. The molecule has 2 amide bonds. The molecule has 0 aromatic heterocycles. The normalized spacial score (nSPS) is 14.9. The summed E-state index contributed by atoms with van der Waals surface area (Å²) in [6.07, 6.45) is -2.58. The van der Waals surface area contributed by atoms with Crippen LogP contribution in [-0.4, -0.2) is 48.3 Å². The maximum atomic E-state index is 13.1. The molecule has 5 nitrogen and oxygen atoms in total. The van der Waals surface area contributed by atoms with Crippen LogP contribution in [0.5, 0.6) is 0 Å². The van der Waals surface area contributed by atoms with Crippen molar-refractivity contribution >= 4 is 17.5 Å². The van der Waals surface area contributed by atoms with E-state index < -0.39 is 11.7 Å². The molecule has 2 aromatic rings. The summed E-state index contributed by atoms with van der Waals surface area (Å²) in [5.41, 5.74) is 0.911. The molecule has 0 radical (unpaired) electrons. The van der Waals surface area contributed by atoms with Crippen LogP contribution >= 0.6 is 0 Å². The van der Waals surface area contributed by atoms with Gasteiger partial charge in [0.1, 0.15) is 0 Å². The van der Waals surface area contributed by atoms with Gasteiger partial charge in [-0.15, -0.1) is 0 Å². The average Bonchev–Trinajstić information content (AvgIpc) is 3.56. The van der Waals surface area contributed by atoms with Crippen molar-refractivity contribution < 1.29 is 22.8 Å². The van der Waals surface area contributed by atoms with Crippen molar-refractivity contribution in [2.75, 3.05) is 26.0 Å². The van der Waals surface area contributed by atoms with Crippen LogP contribution in [0.4, 0.5) is 18.9 Å². The second-order valence-electron chi connectivity index (χ2n) is 8.03. The molecule has 166 valence electrons. The molecule has 1 aliphatic carbocycles. The molecule has 0 saturated heterocycles. The Bertz CT molecular complexity index is 938. The first kappa shape index (κ1) is 22.8. The predicted octanol–water partition coefficient (Wildman–Crippen LogP) is 4.57. The van der Waals surface area contributed by atoms with Gasteiger partial charge >= 0.3 is 6.18 Å². The molecule has 0 heterocycles. The molecule has 1 fully saturated rings. The number of carbonyl (C=O) groups is 2. The second-order valence-corrected chi connectivity index (χ2v) is 8.03. The largest absolute Gasteiger partial charge is 0.416 e. The zero-order valence-corrected chi connectivity index (χ0v) is 17.7. The molecule has 1 aliphatic rings. The lowest BCUT2D eigenvalue weighted by atomic mass is 10.0. The summed E-state index contributed by atoms with van der Waals surface area (Å²) in [4.78, 5) is 28.0. The lowest BCUT2D eigenvalue weighted by Gasteiger charge is -2.29. The topological polar surface area (TPSA) is 52.7 Å². The Morgan fingerprint density at radius 2 is 1.74 bits per heavy atom. The molecule has 3 rings (SSSR count). The van der Waals surface area contributed by atoms with Crippen LogP contribution in [0.25, 0.3) is 0 Å². The fourth-order valence-electron chi connectivity index (χ4n) is 3.48. The van der Waals surface area contributed by atoms with Crippen LogP contribution < -0.4 is 5.32 Å². The average molecular weight is 433 g/mol. The number of halogens is 3. The van der Waals surface area contributed by atoms with E-state index in [4.69, 9.17) is 0 Å². The number of carbonyl (C=O) groups excluding carboxylic acids is 2. The standard InChI is InChI=1S/C23H26F3N3O2/c1-15(17-5-4-6-18(13-17)23(24,25)26)29(20-11-12-20)14-21(30)27-19-9-7-16(8-10-19)22(31)28(2)3/h4-10,13,15,20H,11-12,14H2,1-3H3,(H,27,30). The zero-order valence-electron chi connectivity index (χ0n) is 17.7. The molecule has 31 heavy (non-hydrogen) atoms. The number of nitrogens with zero attached hydrogens (tertiary/aromatic N) is 2. The minimum Gasteiger partial charge on any atom is -0.345 e. The molecule has 1 atom stereocenters. The summed E-state index contributed by atoms with van der Waals surface area (Å²) in [7, 11) is 3.33. The molecule has 0 spiro atoms. The third-order valence-electron chi connectivity index (χ3n) is 5.36. The van der Waals surface area contributed by atoms with Gasteiger partial charge in [-0.3, -0.25) is 14.5 Å². The van der Waals surface area contributed by atoms with E-state index in [1.165, 1.54) is 11.0 Å². The summed E-state index contributed by atoms with van der Waals surface area (Å²) in [5.74, 6) is -0.384. The van der Waals surface area contributed by atoms with Gasteiger partial charge in [0.15, 0.2) is 0 Å². The minimum absolute atomic E-state index is 0.0699. The Kier molecular flexibility index (Phi) is 6.69. The van der Waals surface area contributed by atoms with Gasteiger partial charge in [0, 0.05) is 37.4 Å². The predicted molar refractivity (Wildman–Crippen MR) is 113 cm³/mol. The van der Waals surface area contributed by atoms with Gasteiger partial charge in [-0.1, -0.05) is 12.1 Å². The van der Waals surface area contributed by atoms with Crippen LogP contribution in [0.3, 0.4) is 0 Å². The minimum atomic E-state index is -4.41. The van der Waals surface area contributed by atoms with Crippen LogP contribution in [0.2, 0.25) is 0 Å².